The molecule has 2 aliphatic rings. The number of amides is 1. The number of ketones is 1. The Hall–Kier alpha value is -2.90. The van der Waals surface area contributed by atoms with Gasteiger partial charge in [0, 0.05) is 11.5 Å². The Bertz CT molecular complexity index is 1470. The Labute approximate surface area is 205 Å². The molecule has 2 fully saturated rings. The van der Waals surface area contributed by atoms with Crippen LogP contribution in [0.2, 0.25) is 0 Å². The molecule has 1 amide bonds. The average molecular weight is 546 g/mol. The summed E-state index contributed by atoms with van der Waals surface area (Å²) in [5.41, 5.74) is -0.904. The summed E-state index contributed by atoms with van der Waals surface area (Å²) in [4.78, 5) is 44.7. The van der Waals surface area contributed by atoms with Crippen LogP contribution in [0.15, 0.2) is 33.8 Å². The Morgan fingerprint density at radius 3 is 2.71 bits per heavy atom. The van der Waals surface area contributed by atoms with Gasteiger partial charge in [0.25, 0.3) is 5.56 Å². The van der Waals surface area contributed by atoms with E-state index in [-0.39, 0.29) is 47.1 Å². The maximum atomic E-state index is 13.9. The van der Waals surface area contributed by atoms with Crippen LogP contribution in [0, 0.1) is 23.6 Å². The summed E-state index contributed by atoms with van der Waals surface area (Å²) in [5.74, 6) is 4.54. The van der Waals surface area contributed by atoms with E-state index in [1.165, 1.54) is 40.9 Å². The summed E-state index contributed by atoms with van der Waals surface area (Å²) in [7, 11) is 0. The zero-order chi connectivity index (χ0) is 24.2. The highest BCUT2D eigenvalue weighted by molar-refractivity contribution is 9.10. The second kappa shape index (κ2) is 8.40. The predicted molar refractivity (Wildman–Crippen MR) is 128 cm³/mol. The number of thiophene rings is 1. The third-order valence-corrected chi connectivity index (χ3v) is 7.45. The monoisotopic (exact) mass is 545 g/mol. The fourth-order valence-electron chi connectivity index (χ4n) is 3.89. The quantitative estimate of drug-likeness (QED) is 0.466. The first-order chi connectivity index (χ1) is 16.1. The molecule has 174 valence electrons. The number of halogens is 3. The molecule has 0 N–H and O–H groups in total. The van der Waals surface area contributed by atoms with Gasteiger partial charge in [0.2, 0.25) is 11.7 Å². The molecule has 1 saturated carbocycles. The summed E-state index contributed by atoms with van der Waals surface area (Å²) in [5, 5.41) is 0.237. The van der Waals surface area contributed by atoms with E-state index in [1.54, 1.807) is 0 Å². The lowest BCUT2D eigenvalue weighted by molar-refractivity contribution is -0.144. The number of nitrogens with zero attached hydrogens (tertiary/aromatic N) is 3. The minimum Gasteiger partial charge on any atom is -0.335 e. The van der Waals surface area contributed by atoms with Crippen LogP contribution in [0.5, 0.6) is 0 Å². The molecule has 0 atom stereocenters. The smallest absolute Gasteiger partial charge is 0.263 e. The van der Waals surface area contributed by atoms with Gasteiger partial charge >= 0.3 is 0 Å². The Kier molecular flexibility index (Phi) is 5.65. The molecule has 0 radical (unpaired) electrons. The lowest BCUT2D eigenvalue weighted by Gasteiger charge is -2.42. The van der Waals surface area contributed by atoms with E-state index in [0.29, 0.717) is 20.8 Å². The molecule has 6 nitrogen and oxygen atoms in total. The van der Waals surface area contributed by atoms with E-state index in [9.17, 15) is 23.2 Å². The molecule has 1 aliphatic heterocycles. The second-order valence-electron chi connectivity index (χ2n) is 8.84. The van der Waals surface area contributed by atoms with Crippen LogP contribution in [0.25, 0.3) is 21.3 Å². The van der Waals surface area contributed by atoms with Crippen LogP contribution in [0.4, 0.5) is 8.78 Å². The molecule has 1 saturated heterocycles. The van der Waals surface area contributed by atoms with Crippen LogP contribution in [0.3, 0.4) is 0 Å². The normalized spacial score (nSPS) is 16.6. The van der Waals surface area contributed by atoms with Crippen molar-refractivity contribution >= 4 is 49.2 Å². The molecule has 10 heteroatoms. The van der Waals surface area contributed by atoms with Crippen LogP contribution in [0.1, 0.15) is 24.6 Å². The largest absolute Gasteiger partial charge is 0.335 e. The van der Waals surface area contributed by atoms with Gasteiger partial charge in [0.05, 0.1) is 34.2 Å². The second-order valence-corrected chi connectivity index (χ2v) is 10.7. The van der Waals surface area contributed by atoms with Crippen molar-refractivity contribution in [2.45, 2.75) is 32.0 Å². The third kappa shape index (κ3) is 4.30. The van der Waals surface area contributed by atoms with Crippen LogP contribution in [-0.2, 0) is 16.1 Å². The predicted octanol–water partition coefficient (Wildman–Crippen LogP) is 3.93. The topological polar surface area (TPSA) is 72.3 Å². The first kappa shape index (κ1) is 22.9. The Balaban J connectivity index is 1.60. The number of likely N-dealkylation sites (tertiary alicyclic amines) is 1. The molecule has 34 heavy (non-hydrogen) atoms. The molecule has 0 spiro atoms. The number of aromatic nitrogens is 2. The number of benzene rings is 1. The van der Waals surface area contributed by atoms with Crippen molar-refractivity contribution in [1.29, 1.82) is 0 Å². The molecule has 1 aromatic carbocycles. The molecule has 5 rings (SSSR count). The molecule has 0 bridgehead atoms. The molecule has 1 aliphatic carbocycles. The molecule has 3 heterocycles. The number of alkyl halides is 1. The minimum atomic E-state index is -1.41. The van der Waals surface area contributed by atoms with Gasteiger partial charge < -0.3 is 4.90 Å². The van der Waals surface area contributed by atoms with Crippen LogP contribution < -0.4 is 5.56 Å². The van der Waals surface area contributed by atoms with Crippen LogP contribution >= 0.6 is 27.3 Å². The maximum Gasteiger partial charge on any atom is 0.263 e. The maximum absolute atomic E-state index is 13.9. The molecule has 0 unspecified atom stereocenters. The highest BCUT2D eigenvalue weighted by Crippen LogP contribution is 2.37. The van der Waals surface area contributed by atoms with Crippen molar-refractivity contribution in [1.82, 2.24) is 14.5 Å². The van der Waals surface area contributed by atoms with Gasteiger partial charge in [-0.3, -0.25) is 19.0 Å². The fraction of sp³-hybridized carbons (Fsp3) is 0.333. The lowest BCUT2D eigenvalue weighted by atomic mass is 9.99. The zero-order valence-electron chi connectivity index (χ0n) is 18.0. The first-order valence-electron chi connectivity index (χ1n) is 10.6. The van der Waals surface area contributed by atoms with Gasteiger partial charge in [-0.1, -0.05) is 6.07 Å². The van der Waals surface area contributed by atoms with E-state index in [2.05, 4.69) is 32.8 Å². The van der Waals surface area contributed by atoms with Crippen molar-refractivity contribution in [2.75, 3.05) is 13.1 Å². The number of rotatable bonds is 4. The van der Waals surface area contributed by atoms with Crippen molar-refractivity contribution in [2.24, 2.45) is 5.92 Å². The number of hydrogen-bond donors (Lipinski definition) is 0. The zero-order valence-corrected chi connectivity index (χ0v) is 20.4. The number of carbonyl (C=O) groups is 2. The van der Waals surface area contributed by atoms with Gasteiger partial charge in [-0.05, 0) is 65.2 Å². The van der Waals surface area contributed by atoms with Crippen molar-refractivity contribution < 1.29 is 18.4 Å². The molecule has 2 aromatic heterocycles. The SMILES string of the molecule is CC1(F)CN(C(=O)Cn2cnc3sc(C#CC(=O)C4CC4)c(-c4ccc(F)c(Br)c4)c3c2=O)C1. The van der Waals surface area contributed by atoms with E-state index in [4.69, 9.17) is 0 Å². The molecular formula is C24H18BrF2N3O3S. The third-order valence-electron chi connectivity index (χ3n) is 5.83. The van der Waals surface area contributed by atoms with Gasteiger partial charge in [0.1, 0.15) is 22.9 Å². The summed E-state index contributed by atoms with van der Waals surface area (Å²) < 4.78 is 29.1. The van der Waals surface area contributed by atoms with Crippen molar-refractivity contribution in [3.63, 3.8) is 0 Å². The van der Waals surface area contributed by atoms with E-state index in [0.717, 1.165) is 24.2 Å². The summed E-state index contributed by atoms with van der Waals surface area (Å²) in [6.07, 6.45) is 2.94. The first-order valence-corrected chi connectivity index (χ1v) is 12.2. The van der Waals surface area contributed by atoms with E-state index in [1.807, 2.05) is 0 Å². The fourth-order valence-corrected chi connectivity index (χ4v) is 5.28. The van der Waals surface area contributed by atoms with Crippen LogP contribution in [-0.4, -0.2) is 44.9 Å². The van der Waals surface area contributed by atoms with Gasteiger partial charge in [-0.25, -0.2) is 13.8 Å². The number of Topliss-reactive ketones (excluding diaryl/α,β-unsaturated/α-hetero) is 1. The Morgan fingerprint density at radius 1 is 1.32 bits per heavy atom. The highest BCUT2D eigenvalue weighted by atomic mass is 79.9. The van der Waals surface area contributed by atoms with Gasteiger partial charge in [-0.15, -0.1) is 11.3 Å². The summed E-state index contributed by atoms with van der Waals surface area (Å²) in [6.45, 7) is 1.11. The standard InChI is InChI=1S/C24H18BrF2N3O3S/c1-24(27)10-30(11-24)19(32)9-29-12-28-22-21(23(29)33)20(14-4-5-16(26)15(25)8-14)18(34-22)7-6-17(31)13-2-3-13/h4-5,8,12-13H,2-3,9-11H2,1H3. The van der Waals surface area contributed by atoms with Gasteiger partial charge in [-0.2, -0.15) is 0 Å². The van der Waals surface area contributed by atoms with Crippen molar-refractivity contribution in [3.8, 4) is 23.0 Å². The van der Waals surface area contributed by atoms with Gasteiger partial charge in [0.15, 0.2) is 0 Å². The molecular weight excluding hydrogens is 528 g/mol. The summed E-state index contributed by atoms with van der Waals surface area (Å²) >= 11 is 4.34. The highest BCUT2D eigenvalue weighted by Gasteiger charge is 2.41. The minimum absolute atomic E-state index is 0.0156. The number of carbonyl (C=O) groups excluding carboxylic acids is 2. The molecule has 3 aromatic rings. The van der Waals surface area contributed by atoms with E-state index >= 15 is 0 Å². The average Bonchev–Trinajstić information content (AvgIpc) is 3.55. The van der Waals surface area contributed by atoms with Crippen molar-refractivity contribution in [3.05, 3.63) is 50.0 Å². The summed E-state index contributed by atoms with van der Waals surface area (Å²) in [6, 6.07) is 4.33. The number of fused-ring (bicyclic) bond motifs is 1. The number of hydrogen-bond acceptors (Lipinski definition) is 5. The van der Waals surface area contributed by atoms with E-state index < -0.39 is 17.0 Å². The lowest BCUT2D eigenvalue weighted by Crippen LogP contribution is -2.60. The Morgan fingerprint density at radius 2 is 2.06 bits per heavy atom.